The van der Waals surface area contributed by atoms with E-state index in [1.54, 1.807) is 0 Å². The lowest BCUT2D eigenvalue weighted by Crippen LogP contribution is -2.50. The number of amides is 2. The lowest BCUT2D eigenvalue weighted by molar-refractivity contribution is -0.136. The van der Waals surface area contributed by atoms with Crippen LogP contribution in [0.1, 0.15) is 39.5 Å². The molecule has 0 aromatic heterocycles. The SMILES string of the molecule is CC(C)N(CC1CCNCC1)C(=O)C1CCC(=O)N1. The van der Waals surface area contributed by atoms with Crippen LogP contribution in [0, 0.1) is 5.92 Å². The number of carbonyl (C=O) groups excluding carboxylic acids is 2. The van der Waals surface area contributed by atoms with Crippen molar-refractivity contribution >= 4 is 11.8 Å². The zero-order valence-corrected chi connectivity index (χ0v) is 11.9. The topological polar surface area (TPSA) is 61.4 Å². The maximum atomic E-state index is 12.5. The highest BCUT2D eigenvalue weighted by atomic mass is 16.2. The van der Waals surface area contributed by atoms with E-state index in [0.29, 0.717) is 18.8 Å². The van der Waals surface area contributed by atoms with Gasteiger partial charge in [-0.1, -0.05) is 0 Å². The Morgan fingerprint density at radius 1 is 1.32 bits per heavy atom. The summed E-state index contributed by atoms with van der Waals surface area (Å²) in [4.78, 5) is 25.7. The number of nitrogens with zero attached hydrogens (tertiary/aromatic N) is 1. The van der Waals surface area contributed by atoms with Crippen LogP contribution in [0.5, 0.6) is 0 Å². The molecule has 2 aliphatic heterocycles. The molecule has 0 aromatic carbocycles. The van der Waals surface area contributed by atoms with Gasteiger partial charge in [0, 0.05) is 19.0 Å². The molecule has 2 fully saturated rings. The maximum Gasteiger partial charge on any atom is 0.245 e. The summed E-state index contributed by atoms with van der Waals surface area (Å²) < 4.78 is 0. The van der Waals surface area contributed by atoms with Gasteiger partial charge in [-0.05, 0) is 52.1 Å². The minimum atomic E-state index is -0.295. The number of hydrogen-bond donors (Lipinski definition) is 2. The lowest BCUT2D eigenvalue weighted by atomic mass is 9.96. The van der Waals surface area contributed by atoms with Crippen molar-refractivity contribution in [1.29, 1.82) is 0 Å². The van der Waals surface area contributed by atoms with E-state index >= 15 is 0 Å². The molecule has 19 heavy (non-hydrogen) atoms. The van der Waals surface area contributed by atoms with E-state index < -0.39 is 0 Å². The Morgan fingerprint density at radius 3 is 2.53 bits per heavy atom. The molecule has 5 nitrogen and oxygen atoms in total. The first kappa shape index (κ1) is 14.3. The highest BCUT2D eigenvalue weighted by molar-refractivity contribution is 5.90. The second-order valence-corrected chi connectivity index (χ2v) is 5.94. The number of hydrogen-bond acceptors (Lipinski definition) is 3. The molecule has 0 bridgehead atoms. The van der Waals surface area contributed by atoms with Crippen LogP contribution in [0.4, 0.5) is 0 Å². The molecule has 5 heteroatoms. The minimum Gasteiger partial charge on any atom is -0.344 e. The number of rotatable bonds is 4. The van der Waals surface area contributed by atoms with Crippen LogP contribution in [0.3, 0.4) is 0 Å². The van der Waals surface area contributed by atoms with Gasteiger partial charge in [0.1, 0.15) is 6.04 Å². The molecular formula is C14H25N3O2. The Morgan fingerprint density at radius 2 is 2.00 bits per heavy atom. The predicted octanol–water partition coefficient (Wildman–Crippen LogP) is 0.502. The first-order chi connectivity index (χ1) is 9.08. The van der Waals surface area contributed by atoms with Crippen LogP contribution >= 0.6 is 0 Å². The Bertz CT molecular complexity index is 338. The third-order valence-electron chi connectivity index (χ3n) is 4.11. The maximum absolute atomic E-state index is 12.5. The van der Waals surface area contributed by atoms with Crippen LogP contribution in [-0.4, -0.2) is 48.4 Å². The van der Waals surface area contributed by atoms with E-state index in [1.807, 2.05) is 4.90 Å². The second-order valence-electron chi connectivity index (χ2n) is 5.94. The molecule has 1 atom stereocenters. The van der Waals surface area contributed by atoms with Crippen molar-refractivity contribution < 1.29 is 9.59 Å². The monoisotopic (exact) mass is 267 g/mol. The van der Waals surface area contributed by atoms with Gasteiger partial charge >= 0.3 is 0 Å². The normalized spacial score (nSPS) is 24.6. The predicted molar refractivity (Wildman–Crippen MR) is 73.6 cm³/mol. The highest BCUT2D eigenvalue weighted by Crippen LogP contribution is 2.18. The quantitative estimate of drug-likeness (QED) is 0.780. The summed E-state index contributed by atoms with van der Waals surface area (Å²) in [5.41, 5.74) is 0. The summed E-state index contributed by atoms with van der Waals surface area (Å²) >= 11 is 0. The Balaban J connectivity index is 1.94. The van der Waals surface area contributed by atoms with Gasteiger partial charge < -0.3 is 15.5 Å². The van der Waals surface area contributed by atoms with Crippen molar-refractivity contribution in [2.45, 2.75) is 51.6 Å². The number of piperidine rings is 1. The molecule has 0 radical (unpaired) electrons. The first-order valence-electron chi connectivity index (χ1n) is 7.38. The van der Waals surface area contributed by atoms with Crippen molar-refractivity contribution in [3.63, 3.8) is 0 Å². The van der Waals surface area contributed by atoms with Crippen LogP contribution in [0.2, 0.25) is 0 Å². The van der Waals surface area contributed by atoms with Gasteiger partial charge in [0.05, 0.1) is 0 Å². The largest absolute Gasteiger partial charge is 0.344 e. The average molecular weight is 267 g/mol. The summed E-state index contributed by atoms with van der Waals surface area (Å²) in [6.45, 7) is 7.02. The van der Waals surface area contributed by atoms with E-state index in [-0.39, 0.29) is 23.9 Å². The summed E-state index contributed by atoms with van der Waals surface area (Å²) in [6.07, 6.45) is 3.39. The van der Waals surface area contributed by atoms with E-state index in [1.165, 1.54) is 0 Å². The molecule has 0 aliphatic carbocycles. The Labute approximate surface area is 115 Å². The van der Waals surface area contributed by atoms with Crippen molar-refractivity contribution in [3.05, 3.63) is 0 Å². The molecule has 2 aliphatic rings. The van der Waals surface area contributed by atoms with Gasteiger partial charge in [0.2, 0.25) is 11.8 Å². The van der Waals surface area contributed by atoms with Crippen LogP contribution in [0.25, 0.3) is 0 Å². The molecule has 2 heterocycles. The van der Waals surface area contributed by atoms with Crippen LogP contribution in [-0.2, 0) is 9.59 Å². The van der Waals surface area contributed by atoms with Crippen LogP contribution in [0.15, 0.2) is 0 Å². The zero-order chi connectivity index (χ0) is 13.8. The molecule has 108 valence electrons. The fourth-order valence-electron chi connectivity index (χ4n) is 2.90. The Hall–Kier alpha value is -1.10. The summed E-state index contributed by atoms with van der Waals surface area (Å²) in [5.74, 6) is 0.688. The van der Waals surface area contributed by atoms with Gasteiger partial charge in [-0.15, -0.1) is 0 Å². The van der Waals surface area contributed by atoms with Crippen molar-refractivity contribution in [2.75, 3.05) is 19.6 Å². The molecule has 0 spiro atoms. The third kappa shape index (κ3) is 3.69. The molecule has 2 amide bonds. The smallest absolute Gasteiger partial charge is 0.245 e. The molecule has 2 saturated heterocycles. The van der Waals surface area contributed by atoms with E-state index in [0.717, 1.165) is 32.5 Å². The fraction of sp³-hybridized carbons (Fsp3) is 0.857. The Kier molecular flexibility index (Phi) is 4.80. The molecule has 2 N–H and O–H groups in total. The van der Waals surface area contributed by atoms with Crippen LogP contribution < -0.4 is 10.6 Å². The molecule has 0 saturated carbocycles. The van der Waals surface area contributed by atoms with Crippen molar-refractivity contribution in [3.8, 4) is 0 Å². The molecule has 1 unspecified atom stereocenters. The summed E-state index contributed by atoms with van der Waals surface area (Å²) in [7, 11) is 0. The van der Waals surface area contributed by atoms with E-state index in [9.17, 15) is 9.59 Å². The van der Waals surface area contributed by atoms with E-state index in [4.69, 9.17) is 0 Å². The fourth-order valence-corrected chi connectivity index (χ4v) is 2.90. The van der Waals surface area contributed by atoms with Gasteiger partial charge in [-0.3, -0.25) is 9.59 Å². The third-order valence-corrected chi connectivity index (χ3v) is 4.11. The van der Waals surface area contributed by atoms with E-state index in [2.05, 4.69) is 24.5 Å². The van der Waals surface area contributed by atoms with Gasteiger partial charge in [0.15, 0.2) is 0 Å². The molecule has 2 rings (SSSR count). The second kappa shape index (κ2) is 6.37. The standard InChI is InChI=1S/C14H25N3O2/c1-10(2)17(9-11-5-7-15-8-6-11)14(19)12-3-4-13(18)16-12/h10-12,15H,3-9H2,1-2H3,(H,16,18). The summed E-state index contributed by atoms with van der Waals surface area (Å²) in [6, 6.07) is -0.100. The number of carbonyl (C=O) groups is 2. The first-order valence-corrected chi connectivity index (χ1v) is 7.38. The molecular weight excluding hydrogens is 242 g/mol. The van der Waals surface area contributed by atoms with Gasteiger partial charge in [-0.25, -0.2) is 0 Å². The van der Waals surface area contributed by atoms with Gasteiger partial charge in [-0.2, -0.15) is 0 Å². The number of nitrogens with one attached hydrogen (secondary N) is 2. The highest BCUT2D eigenvalue weighted by Gasteiger charge is 2.32. The lowest BCUT2D eigenvalue weighted by Gasteiger charge is -2.34. The van der Waals surface area contributed by atoms with Gasteiger partial charge in [0.25, 0.3) is 0 Å². The average Bonchev–Trinajstić information content (AvgIpc) is 2.83. The minimum absolute atomic E-state index is 0.00363. The molecule has 0 aromatic rings. The van der Waals surface area contributed by atoms with Crippen molar-refractivity contribution in [2.24, 2.45) is 5.92 Å². The zero-order valence-electron chi connectivity index (χ0n) is 11.9. The summed E-state index contributed by atoms with van der Waals surface area (Å²) in [5, 5.41) is 6.13. The van der Waals surface area contributed by atoms with Crippen molar-refractivity contribution in [1.82, 2.24) is 15.5 Å².